The van der Waals surface area contributed by atoms with Crippen LogP contribution in [0.4, 0.5) is 13.2 Å². The van der Waals surface area contributed by atoms with Crippen LogP contribution >= 0.6 is 23.4 Å². The van der Waals surface area contributed by atoms with Crippen molar-refractivity contribution in [2.24, 2.45) is 5.92 Å². The van der Waals surface area contributed by atoms with Crippen LogP contribution in [0, 0.1) is 5.92 Å². The first kappa shape index (κ1) is 20.6. The molecule has 1 heterocycles. The van der Waals surface area contributed by atoms with Gasteiger partial charge in [0.05, 0.1) is 16.7 Å². The van der Waals surface area contributed by atoms with E-state index in [1.807, 2.05) is 13.8 Å². The van der Waals surface area contributed by atoms with Gasteiger partial charge in [-0.15, -0.1) is 0 Å². The predicted octanol–water partition coefficient (Wildman–Crippen LogP) is 3.48. The van der Waals surface area contributed by atoms with Gasteiger partial charge in [-0.1, -0.05) is 37.2 Å². The largest absolute Gasteiger partial charge is 0.405 e. The molecule has 142 valence electrons. The molecule has 0 saturated carbocycles. The number of aromatic nitrogens is 2. The standard InChI is InChI=1S/C16H17ClF3N3O2S/c1-9(2)6-23-14(25)11-4-3-10(17)5-12(11)22-15(23)26-7-13(24)21-8-16(18,19)20/h3-5,9H,6-8H2,1-2H3,(H,21,24). The first-order valence-corrected chi connectivity index (χ1v) is 9.09. The third-order valence-corrected chi connectivity index (χ3v) is 4.46. The number of fused-ring (bicyclic) bond motifs is 1. The van der Waals surface area contributed by atoms with Crippen molar-refractivity contribution in [3.8, 4) is 0 Å². The van der Waals surface area contributed by atoms with Crippen LogP contribution in [0.25, 0.3) is 10.9 Å². The Morgan fingerprint density at radius 1 is 1.38 bits per heavy atom. The van der Waals surface area contributed by atoms with E-state index < -0.39 is 18.6 Å². The highest BCUT2D eigenvalue weighted by molar-refractivity contribution is 7.99. The van der Waals surface area contributed by atoms with Crippen LogP contribution in [0.2, 0.25) is 5.02 Å². The minimum atomic E-state index is -4.47. The molecule has 0 aliphatic carbocycles. The molecular weight excluding hydrogens is 391 g/mol. The molecular formula is C16H17ClF3N3O2S. The van der Waals surface area contributed by atoms with Crippen molar-refractivity contribution in [2.45, 2.75) is 31.7 Å². The third-order valence-electron chi connectivity index (χ3n) is 3.25. The lowest BCUT2D eigenvalue weighted by atomic mass is 10.2. The molecule has 5 nitrogen and oxygen atoms in total. The van der Waals surface area contributed by atoms with Gasteiger partial charge in [0.1, 0.15) is 6.54 Å². The molecule has 0 saturated heterocycles. The fraction of sp³-hybridized carbons (Fsp3) is 0.438. The van der Waals surface area contributed by atoms with Crippen LogP contribution in [-0.4, -0.2) is 33.9 Å². The number of alkyl halides is 3. The summed E-state index contributed by atoms with van der Waals surface area (Å²) in [6.07, 6.45) is -4.47. The smallest absolute Gasteiger partial charge is 0.346 e. The third kappa shape index (κ3) is 5.63. The highest BCUT2D eigenvalue weighted by Gasteiger charge is 2.27. The lowest BCUT2D eigenvalue weighted by Gasteiger charge is -2.15. The van der Waals surface area contributed by atoms with Gasteiger partial charge in [-0.2, -0.15) is 13.2 Å². The van der Waals surface area contributed by atoms with E-state index in [-0.39, 0.29) is 22.4 Å². The zero-order chi connectivity index (χ0) is 19.5. The zero-order valence-electron chi connectivity index (χ0n) is 14.1. The van der Waals surface area contributed by atoms with Crippen molar-refractivity contribution in [3.63, 3.8) is 0 Å². The first-order valence-electron chi connectivity index (χ1n) is 7.73. The molecule has 0 spiro atoms. The van der Waals surface area contributed by atoms with Gasteiger partial charge in [0.15, 0.2) is 5.16 Å². The molecule has 0 fully saturated rings. The molecule has 0 atom stereocenters. The Labute approximate surface area is 156 Å². The summed E-state index contributed by atoms with van der Waals surface area (Å²) in [5.41, 5.74) is 0.0965. The summed E-state index contributed by atoms with van der Waals surface area (Å²) in [4.78, 5) is 28.7. The molecule has 26 heavy (non-hydrogen) atoms. The number of thioether (sulfide) groups is 1. The quantitative estimate of drug-likeness (QED) is 0.588. The second-order valence-electron chi connectivity index (χ2n) is 6.05. The van der Waals surface area contributed by atoms with Gasteiger partial charge in [0.2, 0.25) is 5.91 Å². The maximum Gasteiger partial charge on any atom is 0.405 e. The summed E-state index contributed by atoms with van der Waals surface area (Å²) in [5.74, 6) is -0.936. The van der Waals surface area contributed by atoms with Gasteiger partial charge in [0, 0.05) is 11.6 Å². The fourth-order valence-electron chi connectivity index (χ4n) is 2.19. The number of hydrogen-bond acceptors (Lipinski definition) is 4. The lowest BCUT2D eigenvalue weighted by Crippen LogP contribution is -2.35. The van der Waals surface area contributed by atoms with Crippen LogP contribution in [-0.2, 0) is 11.3 Å². The maximum absolute atomic E-state index is 12.7. The molecule has 2 aromatic rings. The van der Waals surface area contributed by atoms with Crippen molar-refractivity contribution >= 4 is 40.2 Å². The SMILES string of the molecule is CC(C)Cn1c(SCC(=O)NCC(F)(F)F)nc2cc(Cl)ccc2c1=O. The van der Waals surface area contributed by atoms with Crippen molar-refractivity contribution < 1.29 is 18.0 Å². The number of rotatable bonds is 6. The topological polar surface area (TPSA) is 64.0 Å². The van der Waals surface area contributed by atoms with Crippen LogP contribution < -0.4 is 10.9 Å². The van der Waals surface area contributed by atoms with E-state index in [2.05, 4.69) is 4.98 Å². The number of benzene rings is 1. The van der Waals surface area contributed by atoms with Crippen LogP contribution in [0.5, 0.6) is 0 Å². The second-order valence-corrected chi connectivity index (χ2v) is 7.42. The molecule has 1 N–H and O–H groups in total. The van der Waals surface area contributed by atoms with Crippen LogP contribution in [0.15, 0.2) is 28.2 Å². The number of carbonyl (C=O) groups is 1. The Morgan fingerprint density at radius 3 is 2.69 bits per heavy atom. The minimum absolute atomic E-state index is 0.137. The monoisotopic (exact) mass is 407 g/mol. The molecule has 0 aliphatic heterocycles. The van der Waals surface area contributed by atoms with Crippen molar-refractivity contribution in [3.05, 3.63) is 33.6 Å². The minimum Gasteiger partial charge on any atom is -0.346 e. The number of nitrogens with one attached hydrogen (secondary N) is 1. The Bertz CT molecular complexity index is 868. The molecule has 2 rings (SSSR count). The van der Waals surface area contributed by atoms with Gasteiger partial charge >= 0.3 is 6.18 Å². The summed E-state index contributed by atoms with van der Waals surface area (Å²) < 4.78 is 37.9. The van der Waals surface area contributed by atoms with Gasteiger partial charge in [0.25, 0.3) is 5.56 Å². The van der Waals surface area contributed by atoms with E-state index in [4.69, 9.17) is 11.6 Å². The van der Waals surface area contributed by atoms with Crippen molar-refractivity contribution in [1.82, 2.24) is 14.9 Å². The summed E-state index contributed by atoms with van der Waals surface area (Å²) >= 11 is 6.84. The number of carbonyl (C=O) groups excluding carboxylic acids is 1. The molecule has 1 aromatic heterocycles. The molecule has 0 aliphatic rings. The summed E-state index contributed by atoms with van der Waals surface area (Å²) in [7, 11) is 0. The molecule has 0 unspecified atom stereocenters. The van der Waals surface area contributed by atoms with E-state index in [9.17, 15) is 22.8 Å². The highest BCUT2D eigenvalue weighted by Crippen LogP contribution is 2.21. The first-order chi connectivity index (χ1) is 12.1. The van der Waals surface area contributed by atoms with E-state index in [1.54, 1.807) is 17.4 Å². The molecule has 0 radical (unpaired) electrons. The van der Waals surface area contributed by atoms with Crippen LogP contribution in [0.3, 0.4) is 0 Å². The molecule has 1 aromatic carbocycles. The van der Waals surface area contributed by atoms with Crippen molar-refractivity contribution in [2.75, 3.05) is 12.3 Å². The predicted molar refractivity (Wildman–Crippen MR) is 95.6 cm³/mol. The molecule has 1 amide bonds. The highest BCUT2D eigenvalue weighted by atomic mass is 35.5. The number of hydrogen-bond donors (Lipinski definition) is 1. The van der Waals surface area contributed by atoms with Crippen molar-refractivity contribution in [1.29, 1.82) is 0 Å². The van der Waals surface area contributed by atoms with Gasteiger partial charge < -0.3 is 5.32 Å². The normalized spacial score (nSPS) is 12.0. The summed E-state index contributed by atoms with van der Waals surface area (Å²) in [6, 6.07) is 4.70. The molecule has 10 heteroatoms. The van der Waals surface area contributed by atoms with E-state index in [1.165, 1.54) is 10.6 Å². The Morgan fingerprint density at radius 2 is 2.08 bits per heavy atom. The zero-order valence-corrected chi connectivity index (χ0v) is 15.6. The Kier molecular flexibility index (Phi) is 6.57. The van der Waals surface area contributed by atoms with E-state index in [0.29, 0.717) is 22.5 Å². The van der Waals surface area contributed by atoms with Crippen LogP contribution in [0.1, 0.15) is 13.8 Å². The summed E-state index contributed by atoms with van der Waals surface area (Å²) in [5, 5.41) is 2.85. The molecule has 0 bridgehead atoms. The van der Waals surface area contributed by atoms with Gasteiger partial charge in [-0.3, -0.25) is 14.2 Å². The number of amides is 1. The Balaban J connectivity index is 2.29. The lowest BCUT2D eigenvalue weighted by molar-refractivity contribution is -0.136. The number of halogens is 4. The van der Waals surface area contributed by atoms with Gasteiger partial charge in [-0.05, 0) is 24.1 Å². The average Bonchev–Trinajstić information content (AvgIpc) is 2.52. The van der Waals surface area contributed by atoms with E-state index in [0.717, 1.165) is 11.8 Å². The maximum atomic E-state index is 12.7. The fourth-order valence-corrected chi connectivity index (χ4v) is 3.19. The van der Waals surface area contributed by atoms with Gasteiger partial charge in [-0.25, -0.2) is 4.98 Å². The second kappa shape index (κ2) is 8.30. The average molecular weight is 408 g/mol. The number of nitrogens with zero attached hydrogens (tertiary/aromatic N) is 2. The summed E-state index contributed by atoms with van der Waals surface area (Å²) in [6.45, 7) is 2.81. The van der Waals surface area contributed by atoms with E-state index >= 15 is 0 Å². The Hall–Kier alpha value is -1.74.